The highest BCUT2D eigenvalue weighted by molar-refractivity contribution is 6.10. The van der Waals surface area contributed by atoms with Crippen LogP contribution in [0.4, 0.5) is 0 Å². The van der Waals surface area contributed by atoms with Crippen LogP contribution in [0.5, 0.6) is 0 Å². The number of hydrogen-bond donors (Lipinski definition) is 1. The maximum Gasteiger partial charge on any atom is 0.236 e. The number of amides is 2. The molecule has 4 unspecified atom stereocenters. The molecule has 3 fully saturated rings. The summed E-state index contributed by atoms with van der Waals surface area (Å²) in [5.41, 5.74) is -1.26. The lowest BCUT2D eigenvalue weighted by Crippen LogP contribution is -2.48. The summed E-state index contributed by atoms with van der Waals surface area (Å²) in [6.45, 7) is 3.72. The average Bonchev–Trinajstić information content (AvgIpc) is 2.73. The van der Waals surface area contributed by atoms with E-state index in [9.17, 15) is 9.59 Å². The second-order valence-electron chi connectivity index (χ2n) is 4.88. The van der Waals surface area contributed by atoms with E-state index in [1.807, 2.05) is 13.8 Å². The second-order valence-corrected chi connectivity index (χ2v) is 4.88. The van der Waals surface area contributed by atoms with Crippen LogP contribution >= 0.6 is 0 Å². The van der Waals surface area contributed by atoms with Crippen molar-refractivity contribution in [2.24, 2.45) is 10.8 Å². The van der Waals surface area contributed by atoms with Gasteiger partial charge in [0.25, 0.3) is 0 Å². The molecule has 4 atom stereocenters. The molecule has 3 aliphatic heterocycles. The topological polar surface area (TPSA) is 55.4 Å². The lowest BCUT2D eigenvalue weighted by molar-refractivity contribution is -0.132. The fourth-order valence-corrected chi connectivity index (χ4v) is 3.28. The van der Waals surface area contributed by atoms with E-state index >= 15 is 0 Å². The van der Waals surface area contributed by atoms with Crippen LogP contribution in [0.1, 0.15) is 26.7 Å². The minimum Gasteiger partial charge on any atom is -0.373 e. The van der Waals surface area contributed by atoms with Gasteiger partial charge in [-0.25, -0.2) is 0 Å². The third-order valence-corrected chi connectivity index (χ3v) is 4.56. The van der Waals surface area contributed by atoms with Crippen molar-refractivity contribution in [3.8, 4) is 0 Å². The third kappa shape index (κ3) is 0.557. The summed E-state index contributed by atoms with van der Waals surface area (Å²) in [7, 11) is 0. The van der Waals surface area contributed by atoms with Crippen molar-refractivity contribution in [3.63, 3.8) is 0 Å². The molecule has 3 rings (SSSR count). The number of rotatable bonds is 0. The monoisotopic (exact) mass is 195 g/mol. The fourth-order valence-electron chi connectivity index (χ4n) is 3.28. The fraction of sp³-hybridized carbons (Fsp3) is 0.800. The zero-order valence-electron chi connectivity index (χ0n) is 8.29. The Labute approximate surface area is 82.0 Å². The number of ether oxygens (including phenoxy) is 1. The Bertz CT molecular complexity index is 321. The molecular weight excluding hydrogens is 182 g/mol. The van der Waals surface area contributed by atoms with Gasteiger partial charge in [0.1, 0.15) is 0 Å². The molecule has 4 nitrogen and oxygen atoms in total. The molecule has 0 spiro atoms. The molecule has 3 heterocycles. The van der Waals surface area contributed by atoms with Crippen molar-refractivity contribution >= 4 is 11.8 Å². The summed E-state index contributed by atoms with van der Waals surface area (Å²) < 4.78 is 5.70. The quantitative estimate of drug-likeness (QED) is 0.562. The maximum absolute atomic E-state index is 11.8. The van der Waals surface area contributed by atoms with Crippen molar-refractivity contribution in [2.75, 3.05) is 0 Å². The summed E-state index contributed by atoms with van der Waals surface area (Å²) in [6.07, 6.45) is 1.67. The van der Waals surface area contributed by atoms with E-state index in [0.29, 0.717) is 0 Å². The van der Waals surface area contributed by atoms with Crippen molar-refractivity contribution in [1.82, 2.24) is 5.32 Å². The van der Waals surface area contributed by atoms with Crippen molar-refractivity contribution in [3.05, 3.63) is 0 Å². The Morgan fingerprint density at radius 2 is 1.57 bits per heavy atom. The molecule has 0 aromatic carbocycles. The normalized spacial score (nSPS) is 55.0. The Kier molecular flexibility index (Phi) is 1.22. The van der Waals surface area contributed by atoms with Crippen LogP contribution in [0.3, 0.4) is 0 Å². The number of carbonyl (C=O) groups is 2. The van der Waals surface area contributed by atoms with Crippen molar-refractivity contribution in [1.29, 1.82) is 0 Å². The minimum atomic E-state index is -0.632. The molecule has 3 aliphatic rings. The van der Waals surface area contributed by atoms with Crippen LogP contribution in [-0.4, -0.2) is 24.0 Å². The van der Waals surface area contributed by atoms with Gasteiger partial charge in [-0.3, -0.25) is 14.9 Å². The lowest BCUT2D eigenvalue weighted by Gasteiger charge is -2.36. The molecule has 0 saturated carbocycles. The zero-order chi connectivity index (χ0) is 10.1. The van der Waals surface area contributed by atoms with Crippen molar-refractivity contribution < 1.29 is 14.3 Å². The molecular formula is C10H13NO3. The predicted octanol–water partition coefficient (Wildman–Crippen LogP) is 0.217. The van der Waals surface area contributed by atoms with Gasteiger partial charge in [-0.05, 0) is 26.7 Å². The Hall–Kier alpha value is -0.900. The second kappa shape index (κ2) is 2.03. The highest BCUT2D eigenvalue weighted by atomic mass is 16.5. The number of imide groups is 1. The van der Waals surface area contributed by atoms with Crippen LogP contribution in [0.2, 0.25) is 0 Å². The highest BCUT2D eigenvalue weighted by Crippen LogP contribution is 2.61. The summed E-state index contributed by atoms with van der Waals surface area (Å²) in [6, 6.07) is 0. The van der Waals surface area contributed by atoms with Gasteiger partial charge >= 0.3 is 0 Å². The van der Waals surface area contributed by atoms with E-state index in [4.69, 9.17) is 4.74 Å². The van der Waals surface area contributed by atoms with E-state index in [1.165, 1.54) is 0 Å². The molecule has 76 valence electrons. The highest BCUT2D eigenvalue weighted by Gasteiger charge is 2.74. The largest absolute Gasteiger partial charge is 0.373 e. The van der Waals surface area contributed by atoms with E-state index in [2.05, 4.69) is 5.32 Å². The average molecular weight is 195 g/mol. The SMILES string of the molecule is CC12C(=O)NC(=O)C1(C)C1CCC2O1. The summed E-state index contributed by atoms with van der Waals surface area (Å²) >= 11 is 0. The van der Waals surface area contributed by atoms with Gasteiger partial charge in [0.05, 0.1) is 23.0 Å². The minimum absolute atomic E-state index is 0.0658. The first-order chi connectivity index (χ1) is 6.51. The lowest BCUT2D eigenvalue weighted by atomic mass is 9.59. The van der Waals surface area contributed by atoms with Crippen LogP contribution < -0.4 is 5.32 Å². The van der Waals surface area contributed by atoms with E-state index < -0.39 is 10.8 Å². The molecule has 0 radical (unpaired) electrons. The van der Waals surface area contributed by atoms with Gasteiger partial charge in [-0.15, -0.1) is 0 Å². The molecule has 4 heteroatoms. The molecule has 0 aromatic rings. The first-order valence-electron chi connectivity index (χ1n) is 5.02. The van der Waals surface area contributed by atoms with Gasteiger partial charge in [0.2, 0.25) is 11.8 Å². The number of fused-ring (bicyclic) bond motifs is 5. The van der Waals surface area contributed by atoms with Crippen LogP contribution in [-0.2, 0) is 14.3 Å². The number of nitrogens with one attached hydrogen (secondary N) is 1. The van der Waals surface area contributed by atoms with Gasteiger partial charge < -0.3 is 4.74 Å². The van der Waals surface area contributed by atoms with Crippen LogP contribution in [0.25, 0.3) is 0 Å². The van der Waals surface area contributed by atoms with Crippen molar-refractivity contribution in [2.45, 2.75) is 38.9 Å². The molecule has 2 bridgehead atoms. The van der Waals surface area contributed by atoms with Gasteiger partial charge in [-0.1, -0.05) is 0 Å². The summed E-state index contributed by atoms with van der Waals surface area (Å²) in [5, 5.41) is 2.44. The number of carbonyl (C=O) groups excluding carboxylic acids is 2. The Balaban J connectivity index is 2.21. The first kappa shape index (κ1) is 8.41. The van der Waals surface area contributed by atoms with E-state index in [0.717, 1.165) is 12.8 Å². The van der Waals surface area contributed by atoms with Gasteiger partial charge in [0, 0.05) is 0 Å². The molecule has 14 heavy (non-hydrogen) atoms. The zero-order valence-corrected chi connectivity index (χ0v) is 8.29. The molecule has 2 amide bonds. The number of hydrogen-bond acceptors (Lipinski definition) is 3. The van der Waals surface area contributed by atoms with Crippen LogP contribution in [0.15, 0.2) is 0 Å². The predicted molar refractivity (Wildman–Crippen MR) is 47.3 cm³/mol. The maximum atomic E-state index is 11.8. The van der Waals surface area contributed by atoms with Gasteiger partial charge in [0.15, 0.2) is 0 Å². The molecule has 0 aliphatic carbocycles. The van der Waals surface area contributed by atoms with Crippen LogP contribution in [0, 0.1) is 10.8 Å². The molecule has 0 aromatic heterocycles. The smallest absolute Gasteiger partial charge is 0.236 e. The molecule has 1 N–H and O–H groups in total. The Morgan fingerprint density at radius 3 is 2.00 bits per heavy atom. The third-order valence-electron chi connectivity index (χ3n) is 4.56. The Morgan fingerprint density at radius 1 is 1.14 bits per heavy atom. The summed E-state index contributed by atoms with van der Waals surface area (Å²) in [5.74, 6) is -0.311. The standard InChI is InChI=1S/C10H13NO3/c1-9-5-3-4-6(14-5)10(9,2)8(13)11-7(9)12/h5-6H,3-4H2,1-2H3,(H,11,12,13). The first-order valence-corrected chi connectivity index (χ1v) is 5.02. The van der Waals surface area contributed by atoms with E-state index in [-0.39, 0.29) is 24.0 Å². The molecule has 3 saturated heterocycles. The van der Waals surface area contributed by atoms with Gasteiger partial charge in [-0.2, -0.15) is 0 Å². The van der Waals surface area contributed by atoms with E-state index in [1.54, 1.807) is 0 Å². The summed E-state index contributed by atoms with van der Waals surface area (Å²) in [4.78, 5) is 23.5.